The summed E-state index contributed by atoms with van der Waals surface area (Å²) in [5.41, 5.74) is 6.80. The second-order valence-electron chi connectivity index (χ2n) is 4.01. The van der Waals surface area contributed by atoms with Crippen LogP contribution in [0.2, 0.25) is 5.02 Å². The topological polar surface area (TPSA) is 55.1 Å². The van der Waals surface area contributed by atoms with E-state index in [0.29, 0.717) is 18.0 Å². The van der Waals surface area contributed by atoms with E-state index in [1.165, 1.54) is 0 Å². The maximum atomic E-state index is 11.8. The van der Waals surface area contributed by atoms with Gasteiger partial charge in [0.15, 0.2) is 0 Å². The van der Waals surface area contributed by atoms with Crippen molar-refractivity contribution in [3.8, 4) is 0 Å². The summed E-state index contributed by atoms with van der Waals surface area (Å²) in [6.45, 7) is 2.38. The lowest BCUT2D eigenvalue weighted by Crippen LogP contribution is -2.33. The third-order valence-corrected chi connectivity index (χ3v) is 3.20. The van der Waals surface area contributed by atoms with Crippen LogP contribution in [0.1, 0.15) is 18.9 Å². The van der Waals surface area contributed by atoms with Crippen molar-refractivity contribution in [3.05, 3.63) is 28.8 Å². The Morgan fingerprint density at radius 1 is 1.53 bits per heavy atom. The minimum Gasteiger partial charge on any atom is -0.330 e. The summed E-state index contributed by atoms with van der Waals surface area (Å²) in [5.74, 6) is 0.00483. The molecule has 1 aromatic rings. The van der Waals surface area contributed by atoms with Crippen molar-refractivity contribution in [1.82, 2.24) is 0 Å². The molecule has 0 radical (unpaired) electrons. The Hall–Kier alpha value is -1.06. The summed E-state index contributed by atoms with van der Waals surface area (Å²) in [4.78, 5) is 11.8. The van der Waals surface area contributed by atoms with Crippen LogP contribution in [0.3, 0.4) is 0 Å². The van der Waals surface area contributed by atoms with Gasteiger partial charge in [-0.3, -0.25) is 4.79 Å². The van der Waals surface area contributed by atoms with Gasteiger partial charge in [-0.2, -0.15) is 0 Å². The number of fused-ring (bicyclic) bond motifs is 1. The Kier molecular flexibility index (Phi) is 2.44. The van der Waals surface area contributed by atoms with Crippen LogP contribution in [0.5, 0.6) is 0 Å². The first-order chi connectivity index (χ1) is 7.08. The molecule has 80 valence electrons. The molecule has 2 rings (SSSR count). The monoisotopic (exact) mass is 224 g/mol. The molecule has 4 heteroatoms. The van der Waals surface area contributed by atoms with Crippen molar-refractivity contribution in [1.29, 1.82) is 0 Å². The van der Waals surface area contributed by atoms with E-state index >= 15 is 0 Å². The number of anilines is 1. The van der Waals surface area contributed by atoms with Gasteiger partial charge in [0.25, 0.3) is 0 Å². The fourth-order valence-corrected chi connectivity index (χ4v) is 2.17. The van der Waals surface area contributed by atoms with E-state index in [2.05, 4.69) is 5.32 Å². The Labute approximate surface area is 93.6 Å². The molecule has 1 atom stereocenters. The van der Waals surface area contributed by atoms with Crippen LogP contribution in [0.25, 0.3) is 0 Å². The fraction of sp³-hybridized carbons (Fsp3) is 0.364. The molecule has 3 nitrogen and oxygen atoms in total. The smallest absolute Gasteiger partial charge is 0.234 e. The van der Waals surface area contributed by atoms with Gasteiger partial charge in [0.2, 0.25) is 5.91 Å². The third-order valence-electron chi connectivity index (χ3n) is 2.97. The molecule has 1 amide bonds. The fourth-order valence-electron chi connectivity index (χ4n) is 2.00. The highest BCUT2D eigenvalue weighted by atomic mass is 35.5. The summed E-state index contributed by atoms with van der Waals surface area (Å²) in [6.07, 6.45) is 0.631. The normalized spacial score (nSPS) is 23.8. The summed E-state index contributed by atoms with van der Waals surface area (Å²) >= 11 is 5.93. The van der Waals surface area contributed by atoms with Gasteiger partial charge in [-0.1, -0.05) is 11.6 Å². The molecule has 0 aliphatic carbocycles. The Balaban J connectivity index is 2.52. The number of rotatable bonds is 2. The molecule has 1 heterocycles. The average molecular weight is 225 g/mol. The van der Waals surface area contributed by atoms with E-state index in [4.69, 9.17) is 17.3 Å². The molecule has 0 aromatic heterocycles. The molecular weight excluding hydrogens is 212 g/mol. The largest absolute Gasteiger partial charge is 0.330 e. The molecule has 0 saturated heterocycles. The summed E-state index contributed by atoms with van der Waals surface area (Å²) in [5, 5.41) is 3.49. The van der Waals surface area contributed by atoms with Crippen LogP contribution >= 0.6 is 11.6 Å². The number of benzene rings is 1. The highest BCUT2D eigenvalue weighted by Crippen LogP contribution is 2.40. The second kappa shape index (κ2) is 3.51. The quantitative estimate of drug-likeness (QED) is 0.806. The van der Waals surface area contributed by atoms with Crippen LogP contribution in [0, 0.1) is 0 Å². The molecule has 1 aromatic carbocycles. The molecule has 1 aliphatic heterocycles. The molecule has 1 unspecified atom stereocenters. The van der Waals surface area contributed by atoms with Crippen molar-refractivity contribution >= 4 is 23.2 Å². The first kappa shape index (κ1) is 10.5. The van der Waals surface area contributed by atoms with Gasteiger partial charge < -0.3 is 11.1 Å². The van der Waals surface area contributed by atoms with Crippen LogP contribution in [-0.2, 0) is 10.2 Å². The SMILES string of the molecule is CC1(CCN)C(=O)Nc2ccc(Cl)cc21. The van der Waals surface area contributed by atoms with E-state index in [0.717, 1.165) is 11.3 Å². The van der Waals surface area contributed by atoms with Crippen LogP contribution in [0.4, 0.5) is 5.69 Å². The molecule has 0 saturated carbocycles. The van der Waals surface area contributed by atoms with Crippen LogP contribution in [0.15, 0.2) is 18.2 Å². The van der Waals surface area contributed by atoms with Crippen molar-refractivity contribution in [2.45, 2.75) is 18.8 Å². The molecule has 0 spiro atoms. The zero-order valence-electron chi connectivity index (χ0n) is 8.51. The van der Waals surface area contributed by atoms with Gasteiger partial charge >= 0.3 is 0 Å². The molecule has 1 aliphatic rings. The molecule has 3 N–H and O–H groups in total. The molecule has 0 bridgehead atoms. The van der Waals surface area contributed by atoms with E-state index in [-0.39, 0.29) is 5.91 Å². The standard InChI is InChI=1S/C11H13ClN2O/c1-11(4-5-13)8-6-7(12)2-3-9(8)14-10(11)15/h2-3,6H,4-5,13H2,1H3,(H,14,15). The molecule has 0 fully saturated rings. The van der Waals surface area contributed by atoms with Crippen LogP contribution < -0.4 is 11.1 Å². The minimum atomic E-state index is -0.533. The minimum absolute atomic E-state index is 0.00483. The highest BCUT2D eigenvalue weighted by Gasteiger charge is 2.41. The number of halogens is 1. The third kappa shape index (κ3) is 1.52. The second-order valence-corrected chi connectivity index (χ2v) is 4.45. The van der Waals surface area contributed by atoms with E-state index < -0.39 is 5.41 Å². The van der Waals surface area contributed by atoms with Gasteiger partial charge in [0, 0.05) is 10.7 Å². The zero-order valence-corrected chi connectivity index (χ0v) is 9.27. The first-order valence-corrected chi connectivity index (χ1v) is 5.27. The van der Waals surface area contributed by atoms with Crippen molar-refractivity contribution in [3.63, 3.8) is 0 Å². The van der Waals surface area contributed by atoms with Crippen molar-refractivity contribution in [2.75, 3.05) is 11.9 Å². The highest BCUT2D eigenvalue weighted by molar-refractivity contribution is 6.31. The molecule has 15 heavy (non-hydrogen) atoms. The average Bonchev–Trinajstić information content (AvgIpc) is 2.42. The van der Waals surface area contributed by atoms with Gasteiger partial charge in [-0.05, 0) is 43.7 Å². The Bertz CT molecular complexity index is 419. The maximum absolute atomic E-state index is 11.8. The van der Waals surface area contributed by atoms with Crippen molar-refractivity contribution < 1.29 is 4.79 Å². The number of amides is 1. The van der Waals surface area contributed by atoms with Gasteiger partial charge in [-0.15, -0.1) is 0 Å². The Morgan fingerprint density at radius 3 is 2.93 bits per heavy atom. The number of nitrogens with two attached hydrogens (primary N) is 1. The maximum Gasteiger partial charge on any atom is 0.234 e. The van der Waals surface area contributed by atoms with Crippen LogP contribution in [-0.4, -0.2) is 12.5 Å². The number of carbonyl (C=O) groups excluding carboxylic acids is 1. The Morgan fingerprint density at radius 2 is 2.27 bits per heavy atom. The predicted molar refractivity (Wildman–Crippen MR) is 61.1 cm³/mol. The summed E-state index contributed by atoms with van der Waals surface area (Å²) < 4.78 is 0. The number of carbonyl (C=O) groups is 1. The number of hydrogen-bond acceptors (Lipinski definition) is 2. The van der Waals surface area contributed by atoms with E-state index in [9.17, 15) is 4.79 Å². The van der Waals surface area contributed by atoms with Crippen molar-refractivity contribution in [2.24, 2.45) is 5.73 Å². The van der Waals surface area contributed by atoms with Gasteiger partial charge in [-0.25, -0.2) is 0 Å². The number of hydrogen-bond donors (Lipinski definition) is 2. The zero-order chi connectivity index (χ0) is 11.1. The lowest BCUT2D eigenvalue weighted by molar-refractivity contribution is -0.120. The van der Waals surface area contributed by atoms with E-state index in [1.807, 2.05) is 19.1 Å². The lowest BCUT2D eigenvalue weighted by atomic mass is 9.81. The van der Waals surface area contributed by atoms with E-state index in [1.54, 1.807) is 6.07 Å². The molecular formula is C11H13ClN2O. The predicted octanol–water partition coefficient (Wildman–Crippen LogP) is 1.90. The summed E-state index contributed by atoms with van der Waals surface area (Å²) in [6, 6.07) is 5.44. The first-order valence-electron chi connectivity index (χ1n) is 4.89. The summed E-state index contributed by atoms with van der Waals surface area (Å²) in [7, 11) is 0. The lowest BCUT2D eigenvalue weighted by Gasteiger charge is -2.21. The van der Waals surface area contributed by atoms with Gasteiger partial charge in [0.1, 0.15) is 0 Å². The van der Waals surface area contributed by atoms with Gasteiger partial charge in [0.05, 0.1) is 5.41 Å². The number of nitrogens with one attached hydrogen (secondary N) is 1.